The zero-order valence-corrected chi connectivity index (χ0v) is 14.8. The molecule has 0 saturated heterocycles. The maximum absolute atomic E-state index is 12.1. The van der Waals surface area contributed by atoms with E-state index in [1.54, 1.807) is 42.5 Å². The molecule has 0 fully saturated rings. The summed E-state index contributed by atoms with van der Waals surface area (Å²) in [5.74, 6) is 0.991. The van der Waals surface area contributed by atoms with Gasteiger partial charge in [-0.25, -0.2) is 0 Å². The summed E-state index contributed by atoms with van der Waals surface area (Å²) in [6.07, 6.45) is 2.88. The van der Waals surface area contributed by atoms with Gasteiger partial charge in [-0.05, 0) is 42.5 Å². The molecule has 0 aliphatic carbocycles. The number of furan rings is 2. The first-order valence-electron chi connectivity index (χ1n) is 7.54. The average molecular weight is 387 g/mol. The standard InChI is InChI=1S/C19H12Cl2N2O3/c20-16-5-3-12(9-17(16)21)18-6-4-14(26-18)8-13(10-22)19(24)23-11-15-2-1-7-25-15/h1-9H,11H2,(H,23,24)/b13-8+. The van der Waals surface area contributed by atoms with Crippen molar-refractivity contribution in [1.82, 2.24) is 5.32 Å². The summed E-state index contributed by atoms with van der Waals surface area (Å²) in [6, 6.07) is 13.8. The van der Waals surface area contributed by atoms with E-state index >= 15 is 0 Å². The number of nitriles is 1. The monoisotopic (exact) mass is 386 g/mol. The molecule has 7 heteroatoms. The number of nitrogens with zero attached hydrogens (tertiary/aromatic N) is 1. The third kappa shape index (κ3) is 4.17. The molecule has 1 aromatic carbocycles. The molecule has 0 aliphatic heterocycles. The average Bonchev–Trinajstić information content (AvgIpc) is 3.31. The van der Waals surface area contributed by atoms with Crippen LogP contribution in [-0.2, 0) is 11.3 Å². The molecule has 0 radical (unpaired) electrons. The van der Waals surface area contributed by atoms with Gasteiger partial charge in [0.2, 0.25) is 0 Å². The Morgan fingerprint density at radius 1 is 1.19 bits per heavy atom. The lowest BCUT2D eigenvalue weighted by molar-refractivity contribution is -0.117. The fraction of sp³-hybridized carbons (Fsp3) is 0.0526. The molecule has 1 amide bonds. The third-order valence-corrected chi connectivity index (χ3v) is 4.22. The number of benzene rings is 1. The van der Waals surface area contributed by atoms with Crippen LogP contribution in [0.25, 0.3) is 17.4 Å². The topological polar surface area (TPSA) is 79.2 Å². The molecule has 1 N–H and O–H groups in total. The summed E-state index contributed by atoms with van der Waals surface area (Å²) < 4.78 is 10.8. The largest absolute Gasteiger partial charge is 0.467 e. The molecule has 0 aliphatic rings. The number of carbonyl (C=O) groups is 1. The molecule has 0 saturated carbocycles. The molecule has 3 aromatic rings. The zero-order chi connectivity index (χ0) is 18.5. The maximum Gasteiger partial charge on any atom is 0.262 e. The van der Waals surface area contributed by atoms with E-state index in [1.807, 2.05) is 6.07 Å². The van der Waals surface area contributed by atoms with Crippen LogP contribution in [0.5, 0.6) is 0 Å². The Hall–Kier alpha value is -2.94. The molecule has 26 heavy (non-hydrogen) atoms. The van der Waals surface area contributed by atoms with Crippen molar-refractivity contribution in [3.05, 3.63) is 75.9 Å². The van der Waals surface area contributed by atoms with Crippen molar-refractivity contribution in [2.24, 2.45) is 0 Å². The van der Waals surface area contributed by atoms with Crippen LogP contribution >= 0.6 is 23.2 Å². The van der Waals surface area contributed by atoms with Gasteiger partial charge in [0.1, 0.15) is 28.9 Å². The third-order valence-electron chi connectivity index (χ3n) is 3.49. The van der Waals surface area contributed by atoms with Gasteiger partial charge in [-0.2, -0.15) is 5.26 Å². The number of nitrogens with one attached hydrogen (secondary N) is 1. The van der Waals surface area contributed by atoms with Gasteiger partial charge in [-0.15, -0.1) is 0 Å². The molecule has 2 aromatic heterocycles. The van der Waals surface area contributed by atoms with Crippen molar-refractivity contribution in [2.45, 2.75) is 6.54 Å². The SMILES string of the molecule is N#C/C(=C\c1ccc(-c2ccc(Cl)c(Cl)c2)o1)C(=O)NCc1ccco1. The summed E-state index contributed by atoms with van der Waals surface area (Å²) in [6.45, 7) is 0.192. The van der Waals surface area contributed by atoms with Crippen molar-refractivity contribution in [3.8, 4) is 17.4 Å². The lowest BCUT2D eigenvalue weighted by Crippen LogP contribution is -2.23. The first-order chi connectivity index (χ1) is 12.6. The summed E-state index contributed by atoms with van der Waals surface area (Å²) >= 11 is 11.9. The summed E-state index contributed by atoms with van der Waals surface area (Å²) in [5.41, 5.74) is 0.659. The van der Waals surface area contributed by atoms with Gasteiger partial charge in [0, 0.05) is 11.6 Å². The highest BCUT2D eigenvalue weighted by Gasteiger charge is 2.12. The molecule has 5 nitrogen and oxygen atoms in total. The van der Waals surface area contributed by atoms with E-state index < -0.39 is 5.91 Å². The Morgan fingerprint density at radius 2 is 2.04 bits per heavy atom. The van der Waals surface area contributed by atoms with Crippen LogP contribution in [-0.4, -0.2) is 5.91 Å². The van der Waals surface area contributed by atoms with Crippen LogP contribution in [0.15, 0.2) is 63.1 Å². The fourth-order valence-electron chi connectivity index (χ4n) is 2.20. The van der Waals surface area contributed by atoms with Gasteiger partial charge in [0.15, 0.2) is 0 Å². The van der Waals surface area contributed by atoms with Gasteiger partial charge in [0.05, 0.1) is 22.9 Å². The van der Waals surface area contributed by atoms with Gasteiger partial charge in [-0.3, -0.25) is 4.79 Å². The van der Waals surface area contributed by atoms with Gasteiger partial charge >= 0.3 is 0 Å². The highest BCUT2D eigenvalue weighted by atomic mass is 35.5. The fourth-order valence-corrected chi connectivity index (χ4v) is 2.50. The van der Waals surface area contributed by atoms with Crippen LogP contribution in [0, 0.1) is 11.3 Å². The highest BCUT2D eigenvalue weighted by Crippen LogP contribution is 2.30. The summed E-state index contributed by atoms with van der Waals surface area (Å²) in [7, 11) is 0. The Labute approximate surface area is 159 Å². The minimum Gasteiger partial charge on any atom is -0.467 e. The molecule has 3 rings (SSSR count). The van der Waals surface area contributed by atoms with E-state index in [-0.39, 0.29) is 12.1 Å². The van der Waals surface area contributed by atoms with Crippen LogP contribution in [0.4, 0.5) is 0 Å². The van der Waals surface area contributed by atoms with E-state index in [2.05, 4.69) is 5.32 Å². The number of rotatable bonds is 5. The number of hydrogen-bond donors (Lipinski definition) is 1. The molecule has 0 unspecified atom stereocenters. The Morgan fingerprint density at radius 3 is 2.73 bits per heavy atom. The van der Waals surface area contributed by atoms with E-state index in [4.69, 9.17) is 32.0 Å². The minimum absolute atomic E-state index is 0.0772. The lowest BCUT2D eigenvalue weighted by atomic mass is 10.2. The highest BCUT2D eigenvalue weighted by molar-refractivity contribution is 6.42. The molecule has 130 valence electrons. The first kappa shape index (κ1) is 17.9. The Balaban J connectivity index is 1.75. The predicted octanol–water partition coefficient (Wildman–Crippen LogP) is 5.07. The van der Waals surface area contributed by atoms with Gasteiger partial charge in [0.25, 0.3) is 5.91 Å². The van der Waals surface area contributed by atoms with E-state index in [9.17, 15) is 10.1 Å². The van der Waals surface area contributed by atoms with E-state index in [1.165, 1.54) is 12.3 Å². The number of halogens is 2. The van der Waals surface area contributed by atoms with Crippen LogP contribution in [0.1, 0.15) is 11.5 Å². The van der Waals surface area contributed by atoms with Crippen LogP contribution in [0.2, 0.25) is 10.0 Å². The van der Waals surface area contributed by atoms with Crippen LogP contribution in [0.3, 0.4) is 0 Å². The molecular weight excluding hydrogens is 375 g/mol. The molecular formula is C19H12Cl2N2O3. The van der Waals surface area contributed by atoms with Crippen molar-refractivity contribution < 1.29 is 13.6 Å². The lowest BCUT2D eigenvalue weighted by Gasteiger charge is -2.01. The number of amides is 1. The molecule has 0 atom stereocenters. The van der Waals surface area contributed by atoms with Crippen molar-refractivity contribution in [3.63, 3.8) is 0 Å². The number of hydrogen-bond acceptors (Lipinski definition) is 4. The van der Waals surface area contributed by atoms with Crippen molar-refractivity contribution in [2.75, 3.05) is 0 Å². The van der Waals surface area contributed by atoms with Crippen molar-refractivity contribution in [1.29, 1.82) is 5.26 Å². The Bertz CT molecular complexity index is 998. The first-order valence-corrected chi connectivity index (χ1v) is 8.30. The number of carbonyl (C=O) groups excluding carboxylic acids is 1. The maximum atomic E-state index is 12.1. The second-order valence-corrected chi connectivity index (χ2v) is 6.08. The van der Waals surface area contributed by atoms with Crippen LogP contribution < -0.4 is 5.32 Å². The van der Waals surface area contributed by atoms with Gasteiger partial charge < -0.3 is 14.2 Å². The summed E-state index contributed by atoms with van der Waals surface area (Å²) in [4.78, 5) is 12.1. The van der Waals surface area contributed by atoms with E-state index in [0.29, 0.717) is 27.3 Å². The van der Waals surface area contributed by atoms with E-state index in [0.717, 1.165) is 5.56 Å². The second kappa shape index (κ2) is 7.96. The second-order valence-electron chi connectivity index (χ2n) is 5.26. The minimum atomic E-state index is -0.517. The quantitative estimate of drug-likeness (QED) is 0.490. The normalized spacial score (nSPS) is 11.2. The zero-order valence-electron chi connectivity index (χ0n) is 13.3. The summed E-state index contributed by atoms with van der Waals surface area (Å²) in [5, 5.41) is 12.7. The van der Waals surface area contributed by atoms with Gasteiger partial charge in [-0.1, -0.05) is 23.2 Å². The molecule has 2 heterocycles. The Kier molecular flexibility index (Phi) is 5.47. The molecule has 0 spiro atoms. The van der Waals surface area contributed by atoms with Crippen molar-refractivity contribution >= 4 is 35.2 Å². The molecule has 0 bridgehead atoms. The smallest absolute Gasteiger partial charge is 0.262 e. The predicted molar refractivity (Wildman–Crippen MR) is 98.3 cm³/mol.